The van der Waals surface area contributed by atoms with E-state index in [-0.39, 0.29) is 18.8 Å². The fourth-order valence-electron chi connectivity index (χ4n) is 4.81. The molecule has 2 heterocycles. The summed E-state index contributed by atoms with van der Waals surface area (Å²) in [5.41, 5.74) is 2.26. The number of esters is 1. The molecule has 188 valence electrons. The van der Waals surface area contributed by atoms with Gasteiger partial charge in [0.25, 0.3) is 0 Å². The fraction of sp³-hybridized carbons (Fsp3) is 0.440. The molecule has 2 aliphatic heterocycles. The van der Waals surface area contributed by atoms with Crippen molar-refractivity contribution in [3.63, 3.8) is 0 Å². The van der Waals surface area contributed by atoms with Crippen molar-refractivity contribution < 1.29 is 41.7 Å². The minimum absolute atomic E-state index is 0.169. The molecule has 1 N–H and O–H groups in total. The van der Waals surface area contributed by atoms with Crippen molar-refractivity contribution in [1.82, 2.24) is 4.90 Å². The van der Waals surface area contributed by atoms with Gasteiger partial charge < -0.3 is 19.5 Å². The van der Waals surface area contributed by atoms with Crippen molar-refractivity contribution >= 4 is 11.9 Å². The predicted octanol–water partition coefficient (Wildman–Crippen LogP) is 4.20. The lowest BCUT2D eigenvalue weighted by atomic mass is 9.83. The van der Waals surface area contributed by atoms with E-state index in [1.54, 1.807) is 24.3 Å². The molecule has 6 nitrogen and oxygen atoms in total. The van der Waals surface area contributed by atoms with Crippen LogP contribution < -0.4 is 0 Å². The number of hydrogen-bond donors (Lipinski definition) is 1. The Hall–Kier alpha value is -2.98. The number of aliphatic carboxylic acids is 1. The Balaban J connectivity index is 1.35. The van der Waals surface area contributed by atoms with Crippen LogP contribution in [0.5, 0.6) is 0 Å². The quantitative estimate of drug-likeness (QED) is 0.459. The summed E-state index contributed by atoms with van der Waals surface area (Å²) in [6.45, 7) is 1.34. The molecule has 35 heavy (non-hydrogen) atoms. The first kappa shape index (κ1) is 25.1. The smallest absolute Gasteiger partial charge is 0.481 e. The van der Waals surface area contributed by atoms with Crippen molar-refractivity contribution in [3.05, 3.63) is 70.5 Å². The molecule has 1 fully saturated rings. The van der Waals surface area contributed by atoms with E-state index in [9.17, 15) is 32.3 Å². The molecular formula is C25H25F4NO5. The highest BCUT2D eigenvalue weighted by Crippen LogP contribution is 2.44. The van der Waals surface area contributed by atoms with Gasteiger partial charge in [-0.3, -0.25) is 4.79 Å². The van der Waals surface area contributed by atoms with Crippen molar-refractivity contribution in [2.75, 3.05) is 19.6 Å². The van der Waals surface area contributed by atoms with Crippen LogP contribution >= 0.6 is 0 Å². The van der Waals surface area contributed by atoms with Gasteiger partial charge in [0.2, 0.25) is 0 Å². The molecule has 0 bridgehead atoms. The van der Waals surface area contributed by atoms with Crippen LogP contribution in [0, 0.1) is 11.7 Å². The third-order valence-electron chi connectivity index (χ3n) is 6.63. The second kappa shape index (κ2) is 9.94. The van der Waals surface area contributed by atoms with E-state index in [2.05, 4.69) is 4.74 Å². The molecule has 0 aliphatic carbocycles. The van der Waals surface area contributed by atoms with Gasteiger partial charge in [-0.1, -0.05) is 30.3 Å². The second-order valence-electron chi connectivity index (χ2n) is 9.02. The first-order valence-corrected chi connectivity index (χ1v) is 11.3. The molecule has 4 rings (SSSR count). The predicted molar refractivity (Wildman–Crippen MR) is 116 cm³/mol. The highest BCUT2D eigenvalue weighted by atomic mass is 19.4. The zero-order valence-electron chi connectivity index (χ0n) is 18.8. The number of alkyl halides is 3. The molecular weight excluding hydrogens is 470 g/mol. The number of fused-ring (bicyclic) bond motifs is 2. The van der Waals surface area contributed by atoms with Crippen molar-refractivity contribution in [2.45, 2.75) is 44.3 Å². The molecule has 0 aromatic heterocycles. The second-order valence-corrected chi connectivity index (χ2v) is 9.02. The molecule has 10 heteroatoms. The summed E-state index contributed by atoms with van der Waals surface area (Å²) < 4.78 is 61.1. The lowest BCUT2D eigenvalue weighted by Crippen LogP contribution is -2.45. The summed E-state index contributed by atoms with van der Waals surface area (Å²) in [4.78, 5) is 24.9. The number of carbonyl (C=O) groups is 2. The maximum Gasteiger partial charge on any atom is 0.490 e. The van der Waals surface area contributed by atoms with E-state index in [4.69, 9.17) is 4.74 Å². The molecule has 2 aromatic rings. The van der Waals surface area contributed by atoms with E-state index in [0.717, 1.165) is 11.1 Å². The maximum absolute atomic E-state index is 13.8. The van der Waals surface area contributed by atoms with Gasteiger partial charge in [-0.05, 0) is 53.6 Å². The third kappa shape index (κ3) is 5.82. The van der Waals surface area contributed by atoms with Crippen molar-refractivity contribution in [3.8, 4) is 0 Å². The molecule has 0 amide bonds. The number of nitrogens with zero attached hydrogens (tertiary/aromatic N) is 1. The molecule has 0 saturated carbocycles. The van der Waals surface area contributed by atoms with Crippen LogP contribution in [0.3, 0.4) is 0 Å². The van der Waals surface area contributed by atoms with E-state index in [1.165, 1.54) is 18.2 Å². The molecule has 1 unspecified atom stereocenters. The number of halogens is 4. The number of rotatable bonds is 7. The summed E-state index contributed by atoms with van der Waals surface area (Å²) in [6, 6.07) is 11.0. The van der Waals surface area contributed by atoms with Gasteiger partial charge in [0, 0.05) is 19.6 Å². The third-order valence-corrected chi connectivity index (χ3v) is 6.63. The number of carboxylic acid groups (broad SMARTS) is 1. The Labute approximate surface area is 199 Å². The van der Waals surface area contributed by atoms with Gasteiger partial charge in [-0.15, -0.1) is 0 Å². The largest absolute Gasteiger partial charge is 0.490 e. The summed E-state index contributed by atoms with van der Waals surface area (Å²) in [5.74, 6) is -4.31. The zero-order chi connectivity index (χ0) is 25.2. The number of likely N-dealkylation sites (tertiary alicyclic amines) is 1. The van der Waals surface area contributed by atoms with Crippen molar-refractivity contribution in [1.29, 1.82) is 0 Å². The highest BCUT2D eigenvalue weighted by molar-refractivity contribution is 5.75. The lowest BCUT2D eigenvalue weighted by molar-refractivity contribution is -0.201. The molecule has 1 atom stereocenters. The average molecular weight is 495 g/mol. The van der Waals surface area contributed by atoms with Gasteiger partial charge in [0.05, 0.1) is 18.1 Å². The topological polar surface area (TPSA) is 76.1 Å². The summed E-state index contributed by atoms with van der Waals surface area (Å²) >= 11 is 0. The van der Waals surface area contributed by atoms with Crippen LogP contribution in [-0.2, 0) is 44.3 Å². The van der Waals surface area contributed by atoms with Crippen LogP contribution in [0.4, 0.5) is 17.6 Å². The summed E-state index contributed by atoms with van der Waals surface area (Å²) in [5, 5.41) is 9.78. The molecule has 1 saturated heterocycles. The number of hydrogen-bond acceptors (Lipinski definition) is 5. The zero-order valence-corrected chi connectivity index (χ0v) is 18.8. The van der Waals surface area contributed by atoms with Crippen LogP contribution in [0.1, 0.15) is 35.1 Å². The number of piperidine rings is 1. The van der Waals surface area contributed by atoms with Gasteiger partial charge >= 0.3 is 18.1 Å². The van der Waals surface area contributed by atoms with E-state index in [0.29, 0.717) is 43.7 Å². The molecule has 0 radical (unpaired) electrons. The fourth-order valence-corrected chi connectivity index (χ4v) is 4.81. The standard InChI is InChI=1S/C25H25F4NO5/c26-20-5-4-18-15-35-24(21(18)12-20)6-8-30(9-7-24)13-19(22(31)32)11-16-2-1-3-17(10-16)14-34-23(33)25(27,28)29/h1-5,10,12,19H,6-9,11,13-15H2,(H,31,32). The van der Waals surface area contributed by atoms with E-state index < -0.39 is 36.2 Å². The van der Waals surface area contributed by atoms with E-state index in [1.807, 2.05) is 4.90 Å². The SMILES string of the molecule is O=C(O)C(Cc1cccc(COC(=O)C(F)(F)F)c1)CN1CCC2(CC1)OCc1ccc(F)cc12. The van der Waals surface area contributed by atoms with Gasteiger partial charge in [0.1, 0.15) is 12.4 Å². The Morgan fingerprint density at radius 2 is 1.83 bits per heavy atom. The monoisotopic (exact) mass is 495 g/mol. The minimum atomic E-state index is -5.07. The van der Waals surface area contributed by atoms with Gasteiger partial charge in [0.15, 0.2) is 0 Å². The van der Waals surface area contributed by atoms with Crippen LogP contribution in [0.2, 0.25) is 0 Å². The number of carbonyl (C=O) groups excluding carboxylic acids is 1. The van der Waals surface area contributed by atoms with Gasteiger partial charge in [-0.2, -0.15) is 13.2 Å². The Morgan fingerprint density at radius 3 is 2.51 bits per heavy atom. The number of carboxylic acids is 1. The first-order valence-electron chi connectivity index (χ1n) is 11.3. The Bertz CT molecular complexity index is 1100. The van der Waals surface area contributed by atoms with Crippen LogP contribution in [0.15, 0.2) is 42.5 Å². The summed E-state index contributed by atoms with van der Waals surface area (Å²) in [6.07, 6.45) is -3.66. The highest BCUT2D eigenvalue weighted by Gasteiger charge is 2.43. The molecule has 2 aromatic carbocycles. The van der Waals surface area contributed by atoms with Crippen LogP contribution in [0.25, 0.3) is 0 Å². The van der Waals surface area contributed by atoms with Gasteiger partial charge in [-0.25, -0.2) is 9.18 Å². The first-order chi connectivity index (χ1) is 16.6. The number of benzene rings is 2. The van der Waals surface area contributed by atoms with Crippen LogP contribution in [-0.4, -0.2) is 47.8 Å². The molecule has 2 aliphatic rings. The van der Waals surface area contributed by atoms with Crippen molar-refractivity contribution in [2.24, 2.45) is 5.92 Å². The Kier molecular flexibility index (Phi) is 7.14. The lowest BCUT2D eigenvalue weighted by Gasteiger charge is -2.40. The maximum atomic E-state index is 13.8. The van der Waals surface area contributed by atoms with E-state index >= 15 is 0 Å². The Morgan fingerprint density at radius 1 is 1.11 bits per heavy atom. The number of ether oxygens (including phenoxy) is 2. The molecule has 1 spiro atoms. The minimum Gasteiger partial charge on any atom is -0.481 e. The average Bonchev–Trinajstić information content (AvgIpc) is 3.15. The summed E-state index contributed by atoms with van der Waals surface area (Å²) in [7, 11) is 0. The normalized spacial score (nSPS) is 18.3.